The van der Waals surface area contributed by atoms with Crippen LogP contribution in [0.1, 0.15) is 25.5 Å². The lowest BCUT2D eigenvalue weighted by molar-refractivity contribution is -0.123. The highest BCUT2D eigenvalue weighted by Crippen LogP contribution is 2.36. The number of benzene rings is 1. The fourth-order valence-corrected chi connectivity index (χ4v) is 2.95. The third-order valence-electron chi connectivity index (χ3n) is 4.38. The van der Waals surface area contributed by atoms with E-state index in [0.717, 1.165) is 31.1 Å². The van der Waals surface area contributed by atoms with Gasteiger partial charge in [0.1, 0.15) is 0 Å². The van der Waals surface area contributed by atoms with Gasteiger partial charge in [-0.3, -0.25) is 10.2 Å². The second-order valence-electron chi connectivity index (χ2n) is 6.53. The molecule has 8 heteroatoms. The molecule has 0 aliphatic carbocycles. The van der Waals surface area contributed by atoms with Crippen molar-refractivity contribution in [3.63, 3.8) is 0 Å². The summed E-state index contributed by atoms with van der Waals surface area (Å²) in [6, 6.07) is 6.30. The molecule has 1 fully saturated rings. The zero-order valence-corrected chi connectivity index (χ0v) is 15.4. The van der Waals surface area contributed by atoms with Crippen molar-refractivity contribution < 1.29 is 14.3 Å². The SMILES string of the molecule is CC(C)C(=O)NCCNCC1CNNC1c1ccc2c(c1)OCO2.Cl. The minimum absolute atomic E-state index is 0. The summed E-state index contributed by atoms with van der Waals surface area (Å²) in [5.41, 5.74) is 7.75. The van der Waals surface area contributed by atoms with Gasteiger partial charge in [-0.05, 0) is 17.7 Å². The number of hydrogen-bond donors (Lipinski definition) is 4. The Balaban J connectivity index is 0.00000225. The van der Waals surface area contributed by atoms with Gasteiger partial charge >= 0.3 is 0 Å². The molecule has 0 bridgehead atoms. The Bertz CT molecular complexity index is 585. The van der Waals surface area contributed by atoms with Crippen molar-refractivity contribution in [2.75, 3.05) is 33.0 Å². The van der Waals surface area contributed by atoms with Crippen LogP contribution in [0, 0.1) is 11.8 Å². The van der Waals surface area contributed by atoms with Gasteiger partial charge in [-0.2, -0.15) is 0 Å². The number of hydrazine groups is 1. The quantitative estimate of drug-likeness (QED) is 0.535. The lowest BCUT2D eigenvalue weighted by Crippen LogP contribution is -2.36. The zero-order valence-electron chi connectivity index (χ0n) is 14.6. The number of ether oxygens (including phenoxy) is 2. The van der Waals surface area contributed by atoms with E-state index < -0.39 is 0 Å². The van der Waals surface area contributed by atoms with Crippen molar-refractivity contribution >= 4 is 18.3 Å². The van der Waals surface area contributed by atoms with Crippen molar-refractivity contribution in [2.24, 2.45) is 11.8 Å². The van der Waals surface area contributed by atoms with Gasteiger partial charge in [-0.15, -0.1) is 12.4 Å². The van der Waals surface area contributed by atoms with Gasteiger partial charge in [0.05, 0.1) is 6.04 Å². The predicted molar refractivity (Wildman–Crippen MR) is 97.9 cm³/mol. The highest BCUT2D eigenvalue weighted by Gasteiger charge is 2.29. The monoisotopic (exact) mass is 370 g/mol. The van der Waals surface area contributed by atoms with Crippen LogP contribution < -0.4 is 31.0 Å². The fraction of sp³-hybridized carbons (Fsp3) is 0.588. The summed E-state index contributed by atoms with van der Waals surface area (Å²) in [4.78, 5) is 11.5. The first-order chi connectivity index (χ1) is 11.6. The Kier molecular flexibility index (Phi) is 7.31. The summed E-state index contributed by atoms with van der Waals surface area (Å²) >= 11 is 0. The first-order valence-electron chi connectivity index (χ1n) is 8.51. The highest BCUT2D eigenvalue weighted by atomic mass is 35.5. The van der Waals surface area contributed by atoms with Crippen LogP contribution in [-0.2, 0) is 4.79 Å². The van der Waals surface area contributed by atoms with E-state index in [1.54, 1.807) is 0 Å². The molecule has 1 aromatic carbocycles. The van der Waals surface area contributed by atoms with Crippen LogP contribution in [0.4, 0.5) is 0 Å². The Morgan fingerprint density at radius 2 is 2.08 bits per heavy atom. The molecule has 0 radical (unpaired) electrons. The molecule has 2 atom stereocenters. The van der Waals surface area contributed by atoms with E-state index in [1.165, 1.54) is 5.56 Å². The Hall–Kier alpha value is -1.54. The topological polar surface area (TPSA) is 83.7 Å². The fourth-order valence-electron chi connectivity index (χ4n) is 2.95. The molecule has 2 aliphatic rings. The van der Waals surface area contributed by atoms with Gasteiger partial charge in [0.15, 0.2) is 11.5 Å². The minimum Gasteiger partial charge on any atom is -0.454 e. The van der Waals surface area contributed by atoms with Crippen LogP contribution >= 0.6 is 12.4 Å². The molecule has 7 nitrogen and oxygen atoms in total. The van der Waals surface area contributed by atoms with Gasteiger partial charge < -0.3 is 20.1 Å². The van der Waals surface area contributed by atoms with E-state index in [0.29, 0.717) is 19.3 Å². The summed E-state index contributed by atoms with van der Waals surface area (Å²) in [5, 5.41) is 6.34. The van der Waals surface area contributed by atoms with Crippen molar-refractivity contribution in [1.82, 2.24) is 21.5 Å². The summed E-state index contributed by atoms with van der Waals surface area (Å²) in [7, 11) is 0. The van der Waals surface area contributed by atoms with E-state index in [-0.39, 0.29) is 30.3 Å². The number of carbonyl (C=O) groups is 1. The molecule has 4 N–H and O–H groups in total. The van der Waals surface area contributed by atoms with Crippen LogP contribution in [-0.4, -0.2) is 38.9 Å². The average molecular weight is 371 g/mol. The van der Waals surface area contributed by atoms with Crippen molar-refractivity contribution in [1.29, 1.82) is 0 Å². The molecule has 1 saturated heterocycles. The zero-order chi connectivity index (χ0) is 16.9. The molecule has 2 heterocycles. The van der Waals surface area contributed by atoms with Crippen LogP contribution in [0.5, 0.6) is 11.5 Å². The molecule has 0 saturated carbocycles. The number of hydrogen-bond acceptors (Lipinski definition) is 6. The normalized spacial score (nSPS) is 21.2. The summed E-state index contributed by atoms with van der Waals surface area (Å²) < 4.78 is 10.8. The molecule has 0 spiro atoms. The maximum atomic E-state index is 11.5. The standard InChI is InChI=1S/C17H26N4O3.ClH/c1-11(2)17(22)19-6-5-18-8-13-9-20-21-16(13)12-3-4-14-15(7-12)24-10-23-14;/h3-4,7,11,13,16,18,20-21H,5-6,8-10H2,1-2H3,(H,19,22);1H. The Morgan fingerprint density at radius 3 is 2.88 bits per heavy atom. The van der Waals surface area contributed by atoms with Crippen LogP contribution in [0.3, 0.4) is 0 Å². The van der Waals surface area contributed by atoms with Crippen molar-refractivity contribution in [2.45, 2.75) is 19.9 Å². The van der Waals surface area contributed by atoms with E-state index in [1.807, 2.05) is 26.0 Å². The lowest BCUT2D eigenvalue weighted by atomic mass is 9.94. The summed E-state index contributed by atoms with van der Waals surface area (Å²) in [6.45, 7) is 7.27. The third kappa shape index (κ3) is 4.98. The molecule has 1 amide bonds. The summed E-state index contributed by atoms with van der Waals surface area (Å²) in [6.07, 6.45) is 0. The highest BCUT2D eigenvalue weighted by molar-refractivity contribution is 5.85. The second kappa shape index (κ2) is 9.24. The lowest BCUT2D eigenvalue weighted by Gasteiger charge is -2.20. The molecule has 0 aromatic heterocycles. The molecular formula is C17H27ClN4O3. The van der Waals surface area contributed by atoms with E-state index in [4.69, 9.17) is 9.47 Å². The smallest absolute Gasteiger partial charge is 0.231 e. The van der Waals surface area contributed by atoms with Crippen LogP contribution in [0.2, 0.25) is 0 Å². The number of nitrogens with one attached hydrogen (secondary N) is 4. The number of rotatable bonds is 7. The Morgan fingerprint density at radius 1 is 1.28 bits per heavy atom. The third-order valence-corrected chi connectivity index (χ3v) is 4.38. The summed E-state index contributed by atoms with van der Waals surface area (Å²) in [5.74, 6) is 2.17. The molecule has 3 rings (SSSR count). The molecule has 140 valence electrons. The first kappa shape index (κ1) is 19.8. The molecule has 2 unspecified atom stereocenters. The van der Waals surface area contributed by atoms with E-state index in [2.05, 4.69) is 27.6 Å². The van der Waals surface area contributed by atoms with Crippen molar-refractivity contribution in [3.05, 3.63) is 23.8 Å². The second-order valence-corrected chi connectivity index (χ2v) is 6.53. The number of fused-ring (bicyclic) bond motifs is 1. The van der Waals surface area contributed by atoms with Crippen molar-refractivity contribution in [3.8, 4) is 11.5 Å². The minimum atomic E-state index is 0. The van der Waals surface area contributed by atoms with Crippen LogP contribution in [0.25, 0.3) is 0 Å². The van der Waals surface area contributed by atoms with Gasteiger partial charge in [-0.1, -0.05) is 19.9 Å². The largest absolute Gasteiger partial charge is 0.454 e. The maximum absolute atomic E-state index is 11.5. The first-order valence-corrected chi connectivity index (χ1v) is 8.51. The molecule has 25 heavy (non-hydrogen) atoms. The molecule has 1 aromatic rings. The molecule has 2 aliphatic heterocycles. The van der Waals surface area contributed by atoms with Gasteiger partial charge in [0, 0.05) is 38.0 Å². The maximum Gasteiger partial charge on any atom is 0.231 e. The van der Waals surface area contributed by atoms with E-state index >= 15 is 0 Å². The van der Waals surface area contributed by atoms with E-state index in [9.17, 15) is 4.79 Å². The van der Waals surface area contributed by atoms with Gasteiger partial charge in [-0.25, -0.2) is 5.43 Å². The number of carbonyl (C=O) groups excluding carboxylic acids is 1. The Labute approximate surface area is 154 Å². The number of amides is 1. The van der Waals surface area contributed by atoms with Crippen LogP contribution in [0.15, 0.2) is 18.2 Å². The van der Waals surface area contributed by atoms with Gasteiger partial charge in [0.25, 0.3) is 0 Å². The number of halogens is 1. The average Bonchev–Trinajstić information content (AvgIpc) is 3.22. The predicted octanol–water partition coefficient (Wildman–Crippen LogP) is 0.964. The van der Waals surface area contributed by atoms with Gasteiger partial charge in [0.2, 0.25) is 12.7 Å². The molecular weight excluding hydrogens is 344 g/mol.